The Morgan fingerprint density at radius 2 is 2.06 bits per heavy atom. The molecule has 1 aliphatic rings. The monoisotopic (exact) mass is 247 g/mol. The second-order valence-corrected chi connectivity index (χ2v) is 4.89. The Bertz CT molecular complexity index is 449. The molecule has 0 aliphatic carbocycles. The number of nitriles is 1. The number of rotatable bonds is 3. The average Bonchev–Trinajstić information content (AvgIpc) is 2.42. The van der Waals surface area contributed by atoms with Crippen LogP contribution in [0.15, 0.2) is 24.3 Å². The van der Waals surface area contributed by atoms with E-state index in [1.165, 1.54) is 6.07 Å². The minimum atomic E-state index is -0.635. The number of halogens is 1. The first-order valence-corrected chi connectivity index (χ1v) is 6.26. The van der Waals surface area contributed by atoms with Crippen molar-refractivity contribution in [2.24, 2.45) is 0 Å². The Labute approximate surface area is 107 Å². The third-order valence-corrected chi connectivity index (χ3v) is 3.55. The summed E-state index contributed by atoms with van der Waals surface area (Å²) in [4.78, 5) is 2.13. The van der Waals surface area contributed by atoms with Crippen molar-refractivity contribution in [1.82, 2.24) is 10.2 Å². The summed E-state index contributed by atoms with van der Waals surface area (Å²) in [6.45, 7) is 5.32. The van der Waals surface area contributed by atoms with Gasteiger partial charge in [-0.2, -0.15) is 5.26 Å². The van der Waals surface area contributed by atoms with Crippen LogP contribution in [0.4, 0.5) is 4.39 Å². The molecule has 0 radical (unpaired) electrons. The number of hydrogen-bond acceptors (Lipinski definition) is 3. The van der Waals surface area contributed by atoms with Crippen molar-refractivity contribution in [3.63, 3.8) is 0 Å². The van der Waals surface area contributed by atoms with Gasteiger partial charge in [0.15, 0.2) is 0 Å². The molecule has 0 saturated carbocycles. The van der Waals surface area contributed by atoms with Crippen molar-refractivity contribution in [3.8, 4) is 6.07 Å². The summed E-state index contributed by atoms with van der Waals surface area (Å²) in [5.41, 5.74) is -0.0234. The van der Waals surface area contributed by atoms with E-state index in [-0.39, 0.29) is 5.82 Å². The van der Waals surface area contributed by atoms with Crippen LogP contribution < -0.4 is 5.32 Å². The Morgan fingerprint density at radius 1 is 1.39 bits per heavy atom. The molecular weight excluding hydrogens is 229 g/mol. The first kappa shape index (κ1) is 13.0. The third-order valence-electron chi connectivity index (χ3n) is 3.55. The van der Waals surface area contributed by atoms with Crippen LogP contribution in [0.25, 0.3) is 0 Å². The molecule has 1 fully saturated rings. The van der Waals surface area contributed by atoms with E-state index >= 15 is 0 Å². The molecule has 1 aliphatic heterocycles. The second kappa shape index (κ2) is 5.47. The highest BCUT2D eigenvalue weighted by molar-refractivity contribution is 5.23. The fraction of sp³-hybridized carbons (Fsp3) is 0.500. The van der Waals surface area contributed by atoms with Crippen molar-refractivity contribution in [1.29, 1.82) is 5.26 Å². The molecule has 2 rings (SSSR count). The van der Waals surface area contributed by atoms with Crippen molar-refractivity contribution in [2.75, 3.05) is 26.2 Å². The number of piperazine rings is 1. The van der Waals surface area contributed by atoms with E-state index in [1.54, 1.807) is 12.1 Å². The van der Waals surface area contributed by atoms with Crippen LogP contribution in [0.3, 0.4) is 0 Å². The van der Waals surface area contributed by atoms with Crippen molar-refractivity contribution in [3.05, 3.63) is 35.6 Å². The van der Waals surface area contributed by atoms with Crippen LogP contribution in [-0.4, -0.2) is 36.6 Å². The average molecular weight is 247 g/mol. The molecule has 96 valence electrons. The molecule has 0 spiro atoms. The maximum Gasteiger partial charge on any atom is 0.126 e. The molecule has 1 atom stereocenters. The largest absolute Gasteiger partial charge is 0.314 e. The molecule has 3 nitrogen and oxygen atoms in total. The van der Waals surface area contributed by atoms with Gasteiger partial charge in [0.05, 0.1) is 6.07 Å². The normalized spacial score (nSPS) is 20.1. The van der Waals surface area contributed by atoms with Crippen LogP contribution in [-0.2, 0) is 6.42 Å². The first-order valence-electron chi connectivity index (χ1n) is 6.26. The van der Waals surface area contributed by atoms with Crippen LogP contribution in [0, 0.1) is 17.1 Å². The number of nitrogens with one attached hydrogen (secondary N) is 1. The highest BCUT2D eigenvalue weighted by Crippen LogP contribution is 2.22. The molecule has 1 heterocycles. The SMILES string of the molecule is CC(C#N)(Cc1ccccc1F)N1CCNCC1. The molecule has 0 aromatic heterocycles. The molecule has 18 heavy (non-hydrogen) atoms. The summed E-state index contributed by atoms with van der Waals surface area (Å²) >= 11 is 0. The van der Waals surface area contributed by atoms with E-state index in [0.29, 0.717) is 12.0 Å². The van der Waals surface area contributed by atoms with E-state index in [0.717, 1.165) is 26.2 Å². The van der Waals surface area contributed by atoms with Crippen molar-refractivity contribution < 1.29 is 4.39 Å². The maximum atomic E-state index is 13.7. The fourth-order valence-electron chi connectivity index (χ4n) is 2.39. The van der Waals surface area contributed by atoms with E-state index in [2.05, 4.69) is 16.3 Å². The molecule has 1 aromatic carbocycles. The second-order valence-electron chi connectivity index (χ2n) is 4.89. The fourth-order valence-corrected chi connectivity index (χ4v) is 2.39. The zero-order chi connectivity index (χ0) is 13.0. The number of hydrogen-bond donors (Lipinski definition) is 1. The minimum Gasteiger partial charge on any atom is -0.314 e. The molecule has 4 heteroatoms. The zero-order valence-electron chi connectivity index (χ0n) is 10.6. The van der Waals surface area contributed by atoms with Gasteiger partial charge < -0.3 is 5.32 Å². The summed E-state index contributed by atoms with van der Waals surface area (Å²) in [7, 11) is 0. The van der Waals surface area contributed by atoms with Gasteiger partial charge in [0.2, 0.25) is 0 Å². The lowest BCUT2D eigenvalue weighted by Crippen LogP contribution is -2.55. The minimum absolute atomic E-state index is 0.228. The molecule has 1 aromatic rings. The van der Waals surface area contributed by atoms with Gasteiger partial charge >= 0.3 is 0 Å². The number of benzene rings is 1. The molecule has 0 bridgehead atoms. The van der Waals surface area contributed by atoms with E-state index < -0.39 is 5.54 Å². The summed E-state index contributed by atoms with van der Waals surface area (Å²) in [6.07, 6.45) is 0.427. The predicted octanol–water partition coefficient (Wildman–Crippen LogP) is 1.56. The van der Waals surface area contributed by atoms with Crippen LogP contribution in [0.5, 0.6) is 0 Å². The Balaban J connectivity index is 2.18. The van der Waals surface area contributed by atoms with Gasteiger partial charge in [0.1, 0.15) is 11.4 Å². The Hall–Kier alpha value is -1.44. The van der Waals surface area contributed by atoms with Gasteiger partial charge in [-0.25, -0.2) is 4.39 Å². The van der Waals surface area contributed by atoms with E-state index in [4.69, 9.17) is 0 Å². The van der Waals surface area contributed by atoms with E-state index in [9.17, 15) is 9.65 Å². The van der Waals surface area contributed by atoms with Crippen LogP contribution in [0.1, 0.15) is 12.5 Å². The summed E-state index contributed by atoms with van der Waals surface area (Å²) in [5.74, 6) is -0.228. The lowest BCUT2D eigenvalue weighted by Gasteiger charge is -2.39. The van der Waals surface area contributed by atoms with Gasteiger partial charge in [0, 0.05) is 32.6 Å². The third kappa shape index (κ3) is 2.69. The zero-order valence-corrected chi connectivity index (χ0v) is 10.6. The highest BCUT2D eigenvalue weighted by atomic mass is 19.1. The lowest BCUT2D eigenvalue weighted by molar-refractivity contribution is 0.132. The standard InChI is InChI=1S/C14H18FN3/c1-14(11-16,18-8-6-17-7-9-18)10-12-4-2-3-5-13(12)15/h2-5,17H,6-10H2,1H3. The van der Waals surface area contributed by atoms with Gasteiger partial charge in [0.25, 0.3) is 0 Å². The smallest absolute Gasteiger partial charge is 0.126 e. The Kier molecular flexibility index (Phi) is 3.95. The van der Waals surface area contributed by atoms with E-state index in [1.807, 2.05) is 13.0 Å². The van der Waals surface area contributed by atoms with Crippen molar-refractivity contribution in [2.45, 2.75) is 18.9 Å². The van der Waals surface area contributed by atoms with Crippen LogP contribution in [0.2, 0.25) is 0 Å². The maximum absolute atomic E-state index is 13.7. The Morgan fingerprint density at radius 3 is 2.67 bits per heavy atom. The summed E-state index contributed by atoms with van der Waals surface area (Å²) < 4.78 is 13.7. The van der Waals surface area contributed by atoms with Gasteiger partial charge in [-0.15, -0.1) is 0 Å². The molecule has 0 amide bonds. The highest BCUT2D eigenvalue weighted by Gasteiger charge is 2.33. The molecule has 1 N–H and O–H groups in total. The number of nitrogens with zero attached hydrogens (tertiary/aromatic N) is 2. The van der Waals surface area contributed by atoms with Crippen molar-refractivity contribution >= 4 is 0 Å². The van der Waals surface area contributed by atoms with Gasteiger partial charge in [-0.05, 0) is 18.6 Å². The summed E-state index contributed by atoms with van der Waals surface area (Å²) in [6, 6.07) is 9.05. The predicted molar refractivity (Wildman–Crippen MR) is 68.6 cm³/mol. The topological polar surface area (TPSA) is 39.1 Å². The molecule has 1 unspecified atom stereocenters. The van der Waals surface area contributed by atoms with Gasteiger partial charge in [-0.1, -0.05) is 18.2 Å². The first-order chi connectivity index (χ1) is 8.65. The van der Waals surface area contributed by atoms with Gasteiger partial charge in [-0.3, -0.25) is 4.90 Å². The van der Waals surface area contributed by atoms with Crippen LogP contribution >= 0.6 is 0 Å². The molecule has 1 saturated heterocycles. The quantitative estimate of drug-likeness (QED) is 0.881. The summed E-state index contributed by atoms with van der Waals surface area (Å²) in [5, 5.41) is 12.7. The molecular formula is C14H18FN3. The lowest BCUT2D eigenvalue weighted by atomic mass is 9.91.